The number of aliphatic carboxylic acids is 1. The fourth-order valence-electron chi connectivity index (χ4n) is 4.42. The molecule has 2 aromatic rings. The van der Waals surface area contributed by atoms with E-state index in [1.807, 2.05) is 42.2 Å². The molecule has 1 unspecified atom stereocenters. The first kappa shape index (κ1) is 27.0. The van der Waals surface area contributed by atoms with Crippen LogP contribution in [0.1, 0.15) is 67.6 Å². The first-order chi connectivity index (χ1) is 16.9. The summed E-state index contributed by atoms with van der Waals surface area (Å²) in [5, 5.41) is 12.2. The van der Waals surface area contributed by atoms with E-state index in [1.54, 1.807) is 12.1 Å². The van der Waals surface area contributed by atoms with Crippen LogP contribution in [0.2, 0.25) is 0 Å². The van der Waals surface area contributed by atoms with E-state index in [2.05, 4.69) is 31.0 Å². The second kappa shape index (κ2) is 11.5. The Morgan fingerprint density at radius 1 is 1.03 bits per heavy atom. The molecular formula is C28H38N4O4. The van der Waals surface area contributed by atoms with Crippen molar-refractivity contribution in [3.05, 3.63) is 59.2 Å². The van der Waals surface area contributed by atoms with E-state index in [9.17, 15) is 19.5 Å². The highest BCUT2D eigenvalue weighted by molar-refractivity contribution is 5.96. The number of rotatable bonds is 7. The maximum atomic E-state index is 13.0. The summed E-state index contributed by atoms with van der Waals surface area (Å²) in [6.45, 7) is 10.9. The molecule has 0 aromatic heterocycles. The van der Waals surface area contributed by atoms with E-state index in [0.29, 0.717) is 30.8 Å². The van der Waals surface area contributed by atoms with E-state index in [-0.39, 0.29) is 23.7 Å². The van der Waals surface area contributed by atoms with E-state index in [0.717, 1.165) is 36.3 Å². The average Bonchev–Trinajstić information content (AvgIpc) is 3.04. The zero-order chi connectivity index (χ0) is 26.5. The van der Waals surface area contributed by atoms with Crippen LogP contribution in [0.4, 0.5) is 11.4 Å². The number of nitrogens with one attached hydrogen (secondary N) is 1. The van der Waals surface area contributed by atoms with E-state index in [4.69, 9.17) is 5.73 Å². The van der Waals surface area contributed by atoms with Crippen LogP contribution in [0.5, 0.6) is 0 Å². The van der Waals surface area contributed by atoms with Crippen LogP contribution in [0.3, 0.4) is 0 Å². The Balaban J connectivity index is 1.69. The number of hydrogen-bond donors (Lipinski definition) is 3. The molecule has 8 nitrogen and oxygen atoms in total. The molecule has 194 valence electrons. The van der Waals surface area contributed by atoms with Crippen molar-refractivity contribution in [3.8, 4) is 0 Å². The van der Waals surface area contributed by atoms with Crippen molar-refractivity contribution in [2.75, 3.05) is 36.8 Å². The van der Waals surface area contributed by atoms with Gasteiger partial charge < -0.3 is 26.0 Å². The third kappa shape index (κ3) is 7.47. The monoisotopic (exact) mass is 494 g/mol. The minimum atomic E-state index is -0.994. The topological polar surface area (TPSA) is 116 Å². The molecule has 8 heteroatoms. The Hall–Kier alpha value is -3.55. The van der Waals surface area contributed by atoms with Gasteiger partial charge in [-0.15, -0.1) is 0 Å². The van der Waals surface area contributed by atoms with E-state index in [1.165, 1.54) is 0 Å². The summed E-state index contributed by atoms with van der Waals surface area (Å²) in [5.74, 6) is -1.20. The summed E-state index contributed by atoms with van der Waals surface area (Å²) < 4.78 is 0. The van der Waals surface area contributed by atoms with Gasteiger partial charge in [-0.1, -0.05) is 50.6 Å². The Kier molecular flexibility index (Phi) is 8.61. The van der Waals surface area contributed by atoms with Gasteiger partial charge in [0.15, 0.2) is 0 Å². The number of aryl methyl sites for hydroxylation is 1. The fourth-order valence-corrected chi connectivity index (χ4v) is 4.42. The second-order valence-corrected chi connectivity index (χ2v) is 10.8. The van der Waals surface area contributed by atoms with Gasteiger partial charge in [-0.25, -0.2) is 0 Å². The van der Waals surface area contributed by atoms with Crippen molar-refractivity contribution < 1.29 is 19.5 Å². The normalized spacial score (nSPS) is 15.2. The maximum absolute atomic E-state index is 13.0. The van der Waals surface area contributed by atoms with Gasteiger partial charge in [-0.2, -0.15) is 0 Å². The first-order valence-electron chi connectivity index (χ1n) is 12.4. The number of benzene rings is 2. The zero-order valence-electron chi connectivity index (χ0n) is 21.7. The fraction of sp³-hybridized carbons (Fsp3) is 0.464. The minimum Gasteiger partial charge on any atom is -0.481 e. The standard InChI is InChI=1S/C28H38N4O4/c1-19-6-8-20(9-7-19)23(17-26(34)35)30-27(36)21-10-11-24(22(29)16-21)31-12-5-13-32(15-14-31)25(33)18-28(2,3)4/h6-11,16,23H,5,12-15,17-18,29H2,1-4H3,(H,30,36)(H,34,35). The summed E-state index contributed by atoms with van der Waals surface area (Å²) in [4.78, 5) is 41.1. The molecule has 0 aliphatic carbocycles. The molecule has 3 rings (SSSR count). The van der Waals surface area contributed by atoms with Gasteiger partial charge in [-0.05, 0) is 42.5 Å². The van der Waals surface area contributed by atoms with E-state index < -0.39 is 12.0 Å². The summed E-state index contributed by atoms with van der Waals surface area (Å²) in [7, 11) is 0. The number of nitrogens with two attached hydrogens (primary N) is 1. The maximum Gasteiger partial charge on any atom is 0.305 e. The third-order valence-electron chi connectivity index (χ3n) is 6.32. The Morgan fingerprint density at radius 2 is 1.72 bits per heavy atom. The predicted octanol–water partition coefficient (Wildman–Crippen LogP) is 4.00. The molecule has 1 atom stereocenters. The number of nitrogen functional groups attached to an aromatic ring is 1. The SMILES string of the molecule is Cc1ccc(C(CC(=O)O)NC(=O)c2ccc(N3CCCN(C(=O)CC(C)(C)C)CC3)c(N)c2)cc1. The number of amides is 2. The summed E-state index contributed by atoms with van der Waals surface area (Å²) >= 11 is 0. The number of carboxylic acids is 1. The average molecular weight is 495 g/mol. The first-order valence-corrected chi connectivity index (χ1v) is 12.4. The van der Waals surface area contributed by atoms with Crippen LogP contribution in [-0.2, 0) is 9.59 Å². The molecule has 36 heavy (non-hydrogen) atoms. The molecular weight excluding hydrogens is 456 g/mol. The lowest BCUT2D eigenvalue weighted by Crippen LogP contribution is -2.37. The van der Waals surface area contributed by atoms with Crippen molar-refractivity contribution in [1.29, 1.82) is 0 Å². The second-order valence-electron chi connectivity index (χ2n) is 10.8. The Labute approximate surface area is 213 Å². The van der Waals surface area contributed by atoms with Crippen LogP contribution in [0, 0.1) is 12.3 Å². The van der Waals surface area contributed by atoms with Crippen molar-refractivity contribution in [1.82, 2.24) is 10.2 Å². The highest BCUT2D eigenvalue weighted by Gasteiger charge is 2.25. The molecule has 0 saturated carbocycles. The van der Waals surface area contributed by atoms with Gasteiger partial charge in [-0.3, -0.25) is 14.4 Å². The number of carboxylic acid groups (broad SMARTS) is 1. The van der Waals surface area contributed by atoms with Crippen molar-refractivity contribution in [3.63, 3.8) is 0 Å². The quantitative estimate of drug-likeness (QED) is 0.501. The lowest BCUT2D eigenvalue weighted by Gasteiger charge is -2.27. The largest absolute Gasteiger partial charge is 0.481 e. The van der Waals surface area contributed by atoms with Crippen molar-refractivity contribution in [2.45, 2.75) is 53.0 Å². The van der Waals surface area contributed by atoms with Gasteiger partial charge in [0.05, 0.1) is 23.8 Å². The van der Waals surface area contributed by atoms with Crippen LogP contribution in [0.15, 0.2) is 42.5 Å². The Morgan fingerprint density at radius 3 is 2.33 bits per heavy atom. The zero-order valence-corrected chi connectivity index (χ0v) is 21.7. The number of carbonyl (C=O) groups excluding carboxylic acids is 2. The Bertz CT molecular complexity index is 1090. The summed E-state index contributed by atoms with van der Waals surface area (Å²) in [6, 6.07) is 12.0. The molecule has 2 amide bonds. The highest BCUT2D eigenvalue weighted by atomic mass is 16.4. The van der Waals surface area contributed by atoms with Crippen LogP contribution in [-0.4, -0.2) is 54.0 Å². The molecule has 1 fully saturated rings. The summed E-state index contributed by atoms with van der Waals surface area (Å²) in [5.41, 5.74) is 9.77. The molecule has 0 bridgehead atoms. The molecule has 1 heterocycles. The molecule has 2 aromatic carbocycles. The van der Waals surface area contributed by atoms with Crippen molar-refractivity contribution >= 4 is 29.2 Å². The molecule has 1 saturated heterocycles. The predicted molar refractivity (Wildman–Crippen MR) is 142 cm³/mol. The van der Waals surface area contributed by atoms with Crippen LogP contribution >= 0.6 is 0 Å². The van der Waals surface area contributed by atoms with Gasteiger partial charge in [0.2, 0.25) is 5.91 Å². The highest BCUT2D eigenvalue weighted by Crippen LogP contribution is 2.27. The third-order valence-corrected chi connectivity index (χ3v) is 6.32. The molecule has 1 aliphatic rings. The van der Waals surface area contributed by atoms with Crippen LogP contribution in [0.25, 0.3) is 0 Å². The lowest BCUT2D eigenvalue weighted by atomic mass is 9.91. The van der Waals surface area contributed by atoms with Gasteiger partial charge >= 0.3 is 5.97 Å². The van der Waals surface area contributed by atoms with Crippen LogP contribution < -0.4 is 16.0 Å². The number of anilines is 2. The molecule has 0 spiro atoms. The van der Waals surface area contributed by atoms with Gasteiger partial charge in [0, 0.05) is 38.2 Å². The van der Waals surface area contributed by atoms with Gasteiger partial charge in [0.1, 0.15) is 0 Å². The molecule has 1 aliphatic heterocycles. The number of carbonyl (C=O) groups is 3. The lowest BCUT2D eigenvalue weighted by molar-refractivity contribution is -0.137. The molecule has 0 radical (unpaired) electrons. The van der Waals surface area contributed by atoms with Gasteiger partial charge in [0.25, 0.3) is 5.91 Å². The van der Waals surface area contributed by atoms with E-state index >= 15 is 0 Å². The molecule has 4 N–H and O–H groups in total. The number of hydrogen-bond acceptors (Lipinski definition) is 5. The number of nitrogens with zero attached hydrogens (tertiary/aromatic N) is 2. The smallest absolute Gasteiger partial charge is 0.305 e. The van der Waals surface area contributed by atoms with Crippen molar-refractivity contribution in [2.24, 2.45) is 5.41 Å². The summed E-state index contributed by atoms with van der Waals surface area (Å²) in [6.07, 6.45) is 1.13. The minimum absolute atomic E-state index is 0.0488.